The highest BCUT2D eigenvalue weighted by molar-refractivity contribution is 5.45. The van der Waals surface area contributed by atoms with Gasteiger partial charge in [0.2, 0.25) is 6.79 Å². The van der Waals surface area contributed by atoms with Crippen LogP contribution in [0.1, 0.15) is 17.2 Å². The van der Waals surface area contributed by atoms with Crippen LogP contribution in [0.15, 0.2) is 42.5 Å². The zero-order chi connectivity index (χ0) is 13.9. The summed E-state index contributed by atoms with van der Waals surface area (Å²) in [4.78, 5) is 0. The van der Waals surface area contributed by atoms with Gasteiger partial charge in [-0.15, -0.1) is 0 Å². The van der Waals surface area contributed by atoms with E-state index in [1.165, 1.54) is 0 Å². The van der Waals surface area contributed by atoms with Crippen LogP contribution in [0.25, 0.3) is 0 Å². The van der Waals surface area contributed by atoms with E-state index in [0.29, 0.717) is 12.2 Å². The average Bonchev–Trinajstić information content (AvgIpc) is 2.95. The summed E-state index contributed by atoms with van der Waals surface area (Å²) in [5.41, 5.74) is 1.88. The number of rotatable bonds is 4. The second-order valence-corrected chi connectivity index (χ2v) is 4.68. The van der Waals surface area contributed by atoms with Crippen LogP contribution in [0, 0.1) is 0 Å². The summed E-state index contributed by atoms with van der Waals surface area (Å²) in [6.07, 6.45) is -0.0261. The number of methoxy groups -OCH3 is 1. The molecular formula is C16H16O4. The van der Waals surface area contributed by atoms with Crippen LogP contribution in [0.4, 0.5) is 0 Å². The van der Waals surface area contributed by atoms with E-state index in [2.05, 4.69) is 0 Å². The van der Waals surface area contributed by atoms with E-state index in [-0.39, 0.29) is 6.79 Å². The molecule has 4 heteroatoms. The van der Waals surface area contributed by atoms with Crippen LogP contribution in [-0.2, 0) is 6.42 Å². The molecule has 0 aliphatic carbocycles. The zero-order valence-corrected chi connectivity index (χ0v) is 11.2. The normalized spacial score (nSPS) is 14.1. The quantitative estimate of drug-likeness (QED) is 0.929. The van der Waals surface area contributed by atoms with Crippen LogP contribution in [0.3, 0.4) is 0 Å². The Labute approximate surface area is 117 Å². The number of fused-ring (bicyclic) bond motifs is 1. The second kappa shape index (κ2) is 5.43. The number of aliphatic hydroxyl groups is 1. The van der Waals surface area contributed by atoms with E-state index in [1.807, 2.05) is 42.5 Å². The van der Waals surface area contributed by atoms with Crippen LogP contribution >= 0.6 is 0 Å². The van der Waals surface area contributed by atoms with Gasteiger partial charge in [0.1, 0.15) is 5.75 Å². The van der Waals surface area contributed by atoms with E-state index in [9.17, 15) is 5.11 Å². The lowest BCUT2D eigenvalue weighted by Crippen LogP contribution is -2.01. The molecule has 2 aromatic rings. The first-order chi connectivity index (χ1) is 9.76. The minimum Gasteiger partial charge on any atom is -0.497 e. The summed E-state index contributed by atoms with van der Waals surface area (Å²) in [7, 11) is 1.64. The van der Waals surface area contributed by atoms with Gasteiger partial charge in [-0.1, -0.05) is 18.2 Å². The van der Waals surface area contributed by atoms with Crippen molar-refractivity contribution in [2.75, 3.05) is 13.9 Å². The van der Waals surface area contributed by atoms with Gasteiger partial charge >= 0.3 is 0 Å². The molecular weight excluding hydrogens is 256 g/mol. The van der Waals surface area contributed by atoms with Crippen molar-refractivity contribution in [1.82, 2.24) is 0 Å². The lowest BCUT2D eigenvalue weighted by molar-refractivity contribution is 0.171. The van der Waals surface area contributed by atoms with Crippen molar-refractivity contribution >= 4 is 0 Å². The van der Waals surface area contributed by atoms with Crippen molar-refractivity contribution in [2.24, 2.45) is 0 Å². The Morgan fingerprint density at radius 1 is 1.10 bits per heavy atom. The van der Waals surface area contributed by atoms with Crippen LogP contribution in [-0.4, -0.2) is 19.0 Å². The van der Waals surface area contributed by atoms with Crippen molar-refractivity contribution in [1.29, 1.82) is 0 Å². The van der Waals surface area contributed by atoms with Gasteiger partial charge in [0.05, 0.1) is 13.2 Å². The Morgan fingerprint density at radius 3 is 2.60 bits per heavy atom. The van der Waals surface area contributed by atoms with Crippen LogP contribution < -0.4 is 14.2 Å². The molecule has 0 amide bonds. The maximum Gasteiger partial charge on any atom is 0.231 e. The van der Waals surface area contributed by atoms with Crippen molar-refractivity contribution in [3.8, 4) is 17.2 Å². The predicted molar refractivity (Wildman–Crippen MR) is 74.2 cm³/mol. The Hall–Kier alpha value is -2.20. The molecule has 0 bridgehead atoms. The molecule has 0 spiro atoms. The van der Waals surface area contributed by atoms with E-state index < -0.39 is 6.10 Å². The molecule has 0 saturated carbocycles. The first-order valence-electron chi connectivity index (χ1n) is 6.47. The van der Waals surface area contributed by atoms with Crippen LogP contribution in [0.2, 0.25) is 0 Å². The van der Waals surface area contributed by atoms with E-state index >= 15 is 0 Å². The highest BCUT2D eigenvalue weighted by Crippen LogP contribution is 2.34. The van der Waals surface area contributed by atoms with Gasteiger partial charge in [0, 0.05) is 6.42 Å². The van der Waals surface area contributed by atoms with E-state index in [0.717, 1.165) is 22.6 Å². The summed E-state index contributed by atoms with van der Waals surface area (Å²) < 4.78 is 15.7. The topological polar surface area (TPSA) is 47.9 Å². The van der Waals surface area contributed by atoms with Gasteiger partial charge < -0.3 is 19.3 Å². The summed E-state index contributed by atoms with van der Waals surface area (Å²) in [6.45, 7) is 0.243. The van der Waals surface area contributed by atoms with Gasteiger partial charge in [-0.05, 0) is 35.4 Å². The van der Waals surface area contributed by atoms with Crippen molar-refractivity contribution in [2.45, 2.75) is 12.5 Å². The first-order valence-corrected chi connectivity index (χ1v) is 6.47. The van der Waals surface area contributed by atoms with Crippen molar-refractivity contribution < 1.29 is 19.3 Å². The average molecular weight is 272 g/mol. The molecule has 0 fully saturated rings. The van der Waals surface area contributed by atoms with Crippen molar-refractivity contribution in [3.63, 3.8) is 0 Å². The monoisotopic (exact) mass is 272 g/mol. The Morgan fingerprint density at radius 2 is 1.85 bits per heavy atom. The van der Waals surface area contributed by atoms with Gasteiger partial charge in [0.25, 0.3) is 0 Å². The molecule has 0 aromatic heterocycles. The maximum atomic E-state index is 10.3. The molecule has 1 heterocycles. The Kier molecular flexibility index (Phi) is 3.48. The maximum absolute atomic E-state index is 10.3. The highest BCUT2D eigenvalue weighted by atomic mass is 16.7. The first kappa shape index (κ1) is 12.8. The highest BCUT2D eigenvalue weighted by Gasteiger charge is 2.16. The molecule has 1 unspecified atom stereocenters. The molecule has 1 aliphatic rings. The number of hydrogen-bond donors (Lipinski definition) is 1. The minimum absolute atomic E-state index is 0.243. The molecule has 104 valence electrons. The molecule has 1 N–H and O–H groups in total. The zero-order valence-electron chi connectivity index (χ0n) is 11.2. The van der Waals surface area contributed by atoms with Crippen LogP contribution in [0.5, 0.6) is 17.2 Å². The number of hydrogen-bond acceptors (Lipinski definition) is 4. The molecule has 4 nitrogen and oxygen atoms in total. The lowest BCUT2D eigenvalue weighted by atomic mass is 10.0. The van der Waals surface area contributed by atoms with Gasteiger partial charge in [-0.2, -0.15) is 0 Å². The fourth-order valence-electron chi connectivity index (χ4n) is 2.22. The lowest BCUT2D eigenvalue weighted by Gasteiger charge is -2.12. The molecule has 0 radical (unpaired) electrons. The number of ether oxygens (including phenoxy) is 3. The molecule has 20 heavy (non-hydrogen) atoms. The summed E-state index contributed by atoms with van der Waals surface area (Å²) in [5, 5.41) is 10.3. The third-order valence-corrected chi connectivity index (χ3v) is 3.37. The van der Waals surface area contributed by atoms with E-state index in [4.69, 9.17) is 14.2 Å². The van der Waals surface area contributed by atoms with Gasteiger partial charge in [0.15, 0.2) is 11.5 Å². The molecule has 2 aromatic carbocycles. The Balaban J connectivity index is 1.73. The SMILES string of the molecule is COc1ccc(CC(O)c2ccc3c(c2)OCO3)cc1. The second-order valence-electron chi connectivity index (χ2n) is 4.68. The van der Waals surface area contributed by atoms with E-state index in [1.54, 1.807) is 7.11 Å². The number of benzene rings is 2. The summed E-state index contributed by atoms with van der Waals surface area (Å²) in [6, 6.07) is 13.2. The molecule has 1 aliphatic heterocycles. The fourth-order valence-corrected chi connectivity index (χ4v) is 2.22. The third-order valence-electron chi connectivity index (χ3n) is 3.37. The van der Waals surface area contributed by atoms with Gasteiger partial charge in [-0.25, -0.2) is 0 Å². The fraction of sp³-hybridized carbons (Fsp3) is 0.250. The largest absolute Gasteiger partial charge is 0.497 e. The predicted octanol–water partition coefficient (Wildman–Crippen LogP) is 2.70. The number of aliphatic hydroxyl groups excluding tert-OH is 1. The minimum atomic E-state index is -0.571. The standard InChI is InChI=1S/C16H16O4/c1-18-13-5-2-11(3-6-13)8-14(17)12-4-7-15-16(9-12)20-10-19-15/h2-7,9,14,17H,8,10H2,1H3. The van der Waals surface area contributed by atoms with Gasteiger partial charge in [-0.3, -0.25) is 0 Å². The molecule has 3 rings (SSSR count). The third kappa shape index (κ3) is 2.56. The van der Waals surface area contributed by atoms with Crippen molar-refractivity contribution in [3.05, 3.63) is 53.6 Å². The summed E-state index contributed by atoms with van der Waals surface area (Å²) in [5.74, 6) is 2.23. The molecule has 0 saturated heterocycles. The summed E-state index contributed by atoms with van der Waals surface area (Å²) >= 11 is 0. The smallest absolute Gasteiger partial charge is 0.231 e. The molecule has 1 atom stereocenters. The Bertz CT molecular complexity index is 592.